The van der Waals surface area contributed by atoms with E-state index in [-0.39, 0.29) is 11.7 Å². The van der Waals surface area contributed by atoms with Crippen molar-refractivity contribution in [1.82, 2.24) is 4.90 Å². The molecule has 1 fully saturated rings. The molecule has 0 aromatic carbocycles. The van der Waals surface area contributed by atoms with E-state index in [1.165, 1.54) is 4.90 Å². The molecule has 1 atom stereocenters. The summed E-state index contributed by atoms with van der Waals surface area (Å²) in [6.45, 7) is 4.25. The number of amides is 1. The first-order valence-corrected chi connectivity index (χ1v) is 6.67. The smallest absolute Gasteiger partial charge is 0.326 e. The fourth-order valence-corrected chi connectivity index (χ4v) is 2.50. The Kier molecular flexibility index (Phi) is 3.93. The van der Waals surface area contributed by atoms with Gasteiger partial charge in [-0.1, -0.05) is 6.92 Å². The summed E-state index contributed by atoms with van der Waals surface area (Å²) in [5, 5.41) is 9.20. The van der Waals surface area contributed by atoms with Crippen molar-refractivity contribution < 1.29 is 19.1 Å². The molecule has 1 aromatic rings. The average molecular weight is 265 g/mol. The number of carbonyl (C=O) groups is 2. The zero-order valence-electron chi connectivity index (χ0n) is 11.3. The first-order valence-electron chi connectivity index (χ1n) is 6.67. The molecule has 0 aliphatic carbocycles. The monoisotopic (exact) mass is 265 g/mol. The topological polar surface area (TPSA) is 70.8 Å². The third-order valence-electron chi connectivity index (χ3n) is 3.56. The maximum Gasteiger partial charge on any atom is 0.326 e. The normalized spacial score (nSPS) is 19.5. The summed E-state index contributed by atoms with van der Waals surface area (Å²) in [6, 6.07) is 1.11. The Morgan fingerprint density at radius 3 is 2.79 bits per heavy atom. The van der Waals surface area contributed by atoms with E-state index >= 15 is 0 Å². The van der Waals surface area contributed by atoms with Gasteiger partial charge >= 0.3 is 5.97 Å². The van der Waals surface area contributed by atoms with Crippen molar-refractivity contribution in [3.8, 4) is 0 Å². The molecule has 1 aliphatic heterocycles. The highest BCUT2D eigenvalue weighted by Gasteiger charge is 2.34. The van der Waals surface area contributed by atoms with E-state index < -0.39 is 12.0 Å². The molecule has 0 bridgehead atoms. The number of carboxylic acids is 1. The number of hydrogen-bond acceptors (Lipinski definition) is 3. The van der Waals surface area contributed by atoms with Crippen LogP contribution < -0.4 is 0 Å². The molecule has 104 valence electrons. The van der Waals surface area contributed by atoms with Crippen molar-refractivity contribution in [2.24, 2.45) is 0 Å². The standard InChI is InChI=1S/C14H19NO4/c1-3-10-8-9(2)12(19-10)13(16)15-7-5-4-6-11(15)14(17)18/h8,11H,3-7H2,1-2H3,(H,17,18). The lowest BCUT2D eigenvalue weighted by Gasteiger charge is -2.32. The summed E-state index contributed by atoms with van der Waals surface area (Å²) in [7, 11) is 0. The van der Waals surface area contributed by atoms with Crippen LogP contribution in [0, 0.1) is 6.92 Å². The quantitative estimate of drug-likeness (QED) is 0.909. The van der Waals surface area contributed by atoms with Gasteiger partial charge in [0.05, 0.1) is 0 Å². The number of likely N-dealkylation sites (tertiary alicyclic amines) is 1. The summed E-state index contributed by atoms with van der Waals surface area (Å²) in [6.07, 6.45) is 2.92. The molecule has 0 saturated carbocycles. The Balaban J connectivity index is 2.25. The van der Waals surface area contributed by atoms with Gasteiger partial charge in [0, 0.05) is 18.5 Å². The third kappa shape index (κ3) is 2.64. The number of aliphatic carboxylic acids is 1. The molecular weight excluding hydrogens is 246 g/mol. The van der Waals surface area contributed by atoms with Crippen LogP contribution in [-0.4, -0.2) is 34.5 Å². The second kappa shape index (κ2) is 5.47. The molecule has 1 aliphatic rings. The molecule has 1 saturated heterocycles. The van der Waals surface area contributed by atoms with Crippen LogP contribution in [0.3, 0.4) is 0 Å². The highest BCUT2D eigenvalue weighted by Crippen LogP contribution is 2.23. The molecule has 2 rings (SSSR count). The van der Waals surface area contributed by atoms with Crippen molar-refractivity contribution in [3.05, 3.63) is 23.2 Å². The highest BCUT2D eigenvalue weighted by molar-refractivity contribution is 5.95. The third-order valence-corrected chi connectivity index (χ3v) is 3.56. The van der Waals surface area contributed by atoms with E-state index in [0.717, 1.165) is 30.6 Å². The minimum atomic E-state index is -0.937. The lowest BCUT2D eigenvalue weighted by atomic mass is 10.0. The van der Waals surface area contributed by atoms with Crippen LogP contribution in [0.1, 0.15) is 48.1 Å². The Labute approximate surface area is 112 Å². The summed E-state index contributed by atoms with van der Waals surface area (Å²) < 4.78 is 5.52. The van der Waals surface area contributed by atoms with Crippen LogP contribution in [0.15, 0.2) is 10.5 Å². The van der Waals surface area contributed by atoms with E-state index in [1.807, 2.05) is 19.9 Å². The molecule has 1 unspecified atom stereocenters. The molecule has 2 heterocycles. The van der Waals surface area contributed by atoms with Gasteiger partial charge in [0.2, 0.25) is 0 Å². The summed E-state index contributed by atoms with van der Waals surface area (Å²) in [5.74, 6) is -0.202. The van der Waals surface area contributed by atoms with E-state index in [4.69, 9.17) is 4.42 Å². The lowest BCUT2D eigenvalue weighted by Crippen LogP contribution is -2.48. The van der Waals surface area contributed by atoms with Crippen LogP contribution >= 0.6 is 0 Å². The Hall–Kier alpha value is -1.78. The van der Waals surface area contributed by atoms with Gasteiger partial charge in [-0.15, -0.1) is 0 Å². The summed E-state index contributed by atoms with van der Waals surface area (Å²) in [4.78, 5) is 25.1. The zero-order chi connectivity index (χ0) is 14.0. The van der Waals surface area contributed by atoms with Crippen molar-refractivity contribution in [3.63, 3.8) is 0 Å². The fourth-order valence-electron chi connectivity index (χ4n) is 2.50. The maximum absolute atomic E-state index is 12.4. The minimum absolute atomic E-state index is 0.282. The van der Waals surface area contributed by atoms with Gasteiger partial charge in [0.25, 0.3) is 5.91 Å². The van der Waals surface area contributed by atoms with Crippen molar-refractivity contribution in [2.75, 3.05) is 6.54 Å². The largest absolute Gasteiger partial charge is 0.480 e. The van der Waals surface area contributed by atoms with Crippen molar-refractivity contribution >= 4 is 11.9 Å². The second-order valence-corrected chi connectivity index (χ2v) is 4.93. The Bertz CT molecular complexity index is 492. The minimum Gasteiger partial charge on any atom is -0.480 e. The average Bonchev–Trinajstić information content (AvgIpc) is 2.79. The van der Waals surface area contributed by atoms with Gasteiger partial charge in [-0.2, -0.15) is 0 Å². The van der Waals surface area contributed by atoms with Gasteiger partial charge in [0.15, 0.2) is 5.76 Å². The lowest BCUT2D eigenvalue weighted by molar-refractivity contribution is -0.143. The van der Waals surface area contributed by atoms with E-state index in [2.05, 4.69) is 0 Å². The molecule has 19 heavy (non-hydrogen) atoms. The van der Waals surface area contributed by atoms with Gasteiger partial charge < -0.3 is 14.4 Å². The summed E-state index contributed by atoms with van der Waals surface area (Å²) >= 11 is 0. The van der Waals surface area contributed by atoms with Crippen LogP contribution in [-0.2, 0) is 11.2 Å². The van der Waals surface area contributed by atoms with E-state index in [9.17, 15) is 14.7 Å². The number of rotatable bonds is 3. The number of carbonyl (C=O) groups excluding carboxylic acids is 1. The Morgan fingerprint density at radius 1 is 1.47 bits per heavy atom. The number of piperidine rings is 1. The van der Waals surface area contributed by atoms with Gasteiger partial charge in [0.1, 0.15) is 11.8 Å². The number of hydrogen-bond donors (Lipinski definition) is 1. The molecule has 5 nitrogen and oxygen atoms in total. The molecule has 0 spiro atoms. The first-order chi connectivity index (χ1) is 9.04. The highest BCUT2D eigenvalue weighted by atomic mass is 16.4. The van der Waals surface area contributed by atoms with E-state index in [1.54, 1.807) is 0 Å². The van der Waals surface area contributed by atoms with Crippen molar-refractivity contribution in [2.45, 2.75) is 45.6 Å². The molecule has 0 radical (unpaired) electrons. The SMILES string of the molecule is CCc1cc(C)c(C(=O)N2CCCCC2C(=O)O)o1. The zero-order valence-corrected chi connectivity index (χ0v) is 11.3. The van der Waals surface area contributed by atoms with Crippen LogP contribution in [0.4, 0.5) is 0 Å². The maximum atomic E-state index is 12.4. The van der Waals surface area contributed by atoms with Gasteiger partial charge in [-0.05, 0) is 32.3 Å². The molecule has 1 N–H and O–H groups in total. The fraction of sp³-hybridized carbons (Fsp3) is 0.571. The van der Waals surface area contributed by atoms with Crippen molar-refractivity contribution in [1.29, 1.82) is 0 Å². The van der Waals surface area contributed by atoms with Crippen LogP contribution in [0.2, 0.25) is 0 Å². The number of furan rings is 1. The Morgan fingerprint density at radius 2 is 2.21 bits per heavy atom. The summed E-state index contributed by atoms with van der Waals surface area (Å²) in [5.41, 5.74) is 0.775. The predicted octanol–water partition coefficient (Wildman–Crippen LogP) is 2.23. The van der Waals surface area contributed by atoms with Gasteiger partial charge in [-0.25, -0.2) is 4.79 Å². The number of carboxylic acid groups (broad SMARTS) is 1. The van der Waals surface area contributed by atoms with Crippen LogP contribution in [0.5, 0.6) is 0 Å². The number of nitrogens with zero attached hydrogens (tertiary/aromatic N) is 1. The molecule has 1 amide bonds. The first kappa shape index (κ1) is 13.6. The predicted molar refractivity (Wildman–Crippen MR) is 69.1 cm³/mol. The molecular formula is C14H19NO4. The van der Waals surface area contributed by atoms with Gasteiger partial charge in [-0.3, -0.25) is 4.79 Å². The van der Waals surface area contributed by atoms with Crippen LogP contribution in [0.25, 0.3) is 0 Å². The van der Waals surface area contributed by atoms with E-state index in [0.29, 0.717) is 13.0 Å². The number of aryl methyl sites for hydroxylation is 2. The second-order valence-electron chi connectivity index (χ2n) is 4.93. The molecule has 1 aromatic heterocycles. The molecule has 5 heteroatoms.